The molecular weight excluding hydrogens is 291 g/mol. The van der Waals surface area contributed by atoms with Gasteiger partial charge < -0.3 is 4.90 Å². The van der Waals surface area contributed by atoms with E-state index in [0.29, 0.717) is 19.5 Å². The Morgan fingerprint density at radius 1 is 1.14 bits per heavy atom. The van der Waals surface area contributed by atoms with E-state index in [4.69, 9.17) is 4.11 Å². The molecule has 3 heteroatoms. The highest BCUT2D eigenvalue weighted by molar-refractivity contribution is 7.12. The van der Waals surface area contributed by atoms with Crippen LogP contribution in [0.2, 0.25) is 0 Å². The molecule has 22 heavy (non-hydrogen) atoms. The predicted octanol–water partition coefficient (Wildman–Crippen LogP) is 4.01. The maximum atomic E-state index is 12.6. The zero-order valence-corrected chi connectivity index (χ0v) is 13.1. The van der Waals surface area contributed by atoms with Gasteiger partial charge in [-0.25, -0.2) is 0 Å². The highest BCUT2D eigenvalue weighted by Gasteiger charge is 2.27. The van der Waals surface area contributed by atoms with Crippen LogP contribution >= 0.6 is 11.3 Å². The lowest BCUT2D eigenvalue weighted by Crippen LogP contribution is -2.27. The Morgan fingerprint density at radius 2 is 1.95 bits per heavy atom. The second-order valence-corrected chi connectivity index (χ2v) is 6.80. The van der Waals surface area contributed by atoms with Crippen LogP contribution in [-0.2, 0) is 6.42 Å². The Morgan fingerprint density at radius 3 is 2.77 bits per heavy atom. The minimum Gasteiger partial charge on any atom is -0.306 e. The van der Waals surface area contributed by atoms with Gasteiger partial charge in [0.2, 0.25) is 0 Å². The number of rotatable bonds is 0. The van der Waals surface area contributed by atoms with E-state index < -0.39 is 6.98 Å². The van der Waals surface area contributed by atoms with Crippen LogP contribution in [0.3, 0.4) is 0 Å². The summed E-state index contributed by atoms with van der Waals surface area (Å²) in [6.07, 6.45) is 1.89. The van der Waals surface area contributed by atoms with Crippen molar-refractivity contribution in [1.82, 2.24) is 4.90 Å². The number of hydrogen-bond donors (Lipinski definition) is 0. The molecule has 0 N–H and O–H groups in total. The van der Waals surface area contributed by atoms with Crippen LogP contribution in [-0.4, -0.2) is 30.7 Å². The van der Waals surface area contributed by atoms with Crippen LogP contribution < -0.4 is 0 Å². The quantitative estimate of drug-likeness (QED) is 0.685. The standard InChI is InChI=1S/C19H19NOS/c1-20-9-6-13(7-10-20)18-15-5-3-2-4-14(15)12-17(21)19-16(18)8-11-22-19/h2-5,8,11H,6-7,9-10,12H2,1H3/i1+1D3. The molecule has 2 nitrogen and oxygen atoms in total. The van der Waals surface area contributed by atoms with E-state index in [1.807, 2.05) is 29.6 Å². The summed E-state index contributed by atoms with van der Waals surface area (Å²) in [6.45, 7) is -0.961. The molecule has 1 saturated heterocycles. The fraction of sp³-hybridized carbons (Fsp3) is 0.316. The molecule has 1 fully saturated rings. The summed E-state index contributed by atoms with van der Waals surface area (Å²) in [7, 11) is 0. The number of thiophene rings is 1. The number of carbonyl (C=O) groups is 1. The molecule has 0 atom stereocenters. The third-order valence-electron chi connectivity index (χ3n) is 4.55. The number of hydrogen-bond acceptors (Lipinski definition) is 3. The topological polar surface area (TPSA) is 20.3 Å². The highest BCUT2D eigenvalue weighted by atomic mass is 32.1. The summed E-state index contributed by atoms with van der Waals surface area (Å²) in [5.41, 5.74) is 5.64. The summed E-state index contributed by atoms with van der Waals surface area (Å²) >= 11 is 1.51. The van der Waals surface area contributed by atoms with E-state index in [1.165, 1.54) is 16.9 Å². The zero-order chi connectivity index (χ0) is 17.6. The average Bonchev–Trinajstić information content (AvgIpc) is 3.02. The van der Waals surface area contributed by atoms with E-state index in [9.17, 15) is 4.79 Å². The zero-order valence-electron chi connectivity index (χ0n) is 15.3. The van der Waals surface area contributed by atoms with Gasteiger partial charge in [-0.05, 0) is 48.0 Å². The van der Waals surface area contributed by atoms with Crippen molar-refractivity contribution in [2.75, 3.05) is 20.1 Å². The van der Waals surface area contributed by atoms with Crippen molar-refractivity contribution in [2.45, 2.75) is 19.3 Å². The van der Waals surface area contributed by atoms with Gasteiger partial charge in [0.15, 0.2) is 5.78 Å². The minimum atomic E-state index is -2.03. The molecule has 1 aromatic heterocycles. The van der Waals surface area contributed by atoms with Crippen LogP contribution in [0.1, 0.15) is 43.3 Å². The lowest BCUT2D eigenvalue weighted by Gasteiger charge is -2.27. The molecule has 1 aliphatic carbocycles. The number of nitrogens with zero attached hydrogens (tertiary/aromatic N) is 1. The smallest absolute Gasteiger partial charge is 0.177 e. The Hall–Kier alpha value is -1.71. The molecule has 2 heterocycles. The maximum absolute atomic E-state index is 12.6. The summed E-state index contributed by atoms with van der Waals surface area (Å²) in [5.74, 6) is 0.174. The Bertz CT molecular complexity index is 856. The first-order valence-corrected chi connectivity index (χ1v) is 8.49. The third kappa shape index (κ3) is 2.25. The van der Waals surface area contributed by atoms with Gasteiger partial charge in [-0.2, -0.15) is 0 Å². The molecule has 0 radical (unpaired) electrons. The first-order chi connectivity index (χ1) is 11.9. The van der Waals surface area contributed by atoms with Crippen LogP contribution in [0, 0.1) is 0 Å². The van der Waals surface area contributed by atoms with E-state index in [1.54, 1.807) is 4.90 Å². The molecule has 2 aliphatic rings. The molecule has 0 saturated carbocycles. The van der Waals surface area contributed by atoms with Crippen molar-refractivity contribution < 1.29 is 8.91 Å². The molecular formula is C19H19NOS. The van der Waals surface area contributed by atoms with Gasteiger partial charge in [0.1, 0.15) is 0 Å². The Balaban J connectivity index is 1.82. The SMILES string of the molecule is [2H][13C]([2H])([2H])N1CCC(=C2c3ccccc3CC(=O)c3sccc32)CC1. The van der Waals surface area contributed by atoms with Crippen LogP contribution in [0.25, 0.3) is 5.57 Å². The average molecular weight is 313 g/mol. The molecule has 0 spiro atoms. The second kappa shape index (κ2) is 5.49. The van der Waals surface area contributed by atoms with Gasteiger partial charge in [0.25, 0.3) is 0 Å². The van der Waals surface area contributed by atoms with E-state index in [-0.39, 0.29) is 5.78 Å². The molecule has 1 aromatic carbocycles. The maximum Gasteiger partial charge on any atom is 0.177 e. The molecule has 4 rings (SSSR count). The van der Waals surface area contributed by atoms with Crippen LogP contribution in [0.4, 0.5) is 0 Å². The third-order valence-corrected chi connectivity index (χ3v) is 5.50. The number of ketones is 1. The van der Waals surface area contributed by atoms with E-state index in [2.05, 4.69) is 6.07 Å². The number of Topliss-reactive ketones (excluding diaryl/α,β-unsaturated/α-hetero) is 1. The Kier molecular flexibility index (Phi) is 2.73. The van der Waals surface area contributed by atoms with Crippen molar-refractivity contribution >= 4 is 22.7 Å². The van der Waals surface area contributed by atoms with Gasteiger partial charge in [-0.3, -0.25) is 4.79 Å². The molecule has 2 aromatic rings. The highest BCUT2D eigenvalue weighted by Crippen LogP contribution is 2.40. The van der Waals surface area contributed by atoms with Crippen LogP contribution in [0.15, 0.2) is 41.3 Å². The van der Waals surface area contributed by atoms with E-state index in [0.717, 1.165) is 40.0 Å². The lowest BCUT2D eigenvalue weighted by atomic mass is 9.88. The number of benzene rings is 1. The van der Waals surface area contributed by atoms with Gasteiger partial charge in [-0.1, -0.05) is 29.8 Å². The molecule has 0 unspecified atom stereocenters. The second-order valence-electron chi connectivity index (χ2n) is 5.89. The van der Waals surface area contributed by atoms with Gasteiger partial charge >= 0.3 is 0 Å². The summed E-state index contributed by atoms with van der Waals surface area (Å²) < 4.78 is 22.8. The number of likely N-dealkylation sites (tertiary alicyclic amines) is 1. The fourth-order valence-electron chi connectivity index (χ4n) is 3.45. The molecule has 1 aliphatic heterocycles. The number of fused-ring (bicyclic) bond motifs is 2. The molecule has 0 bridgehead atoms. The lowest BCUT2D eigenvalue weighted by molar-refractivity contribution is 0.0997. The minimum absolute atomic E-state index is 0.174. The van der Waals surface area contributed by atoms with Gasteiger partial charge in [0.05, 0.1) is 4.88 Å². The summed E-state index contributed by atoms with van der Waals surface area (Å²) in [5, 5.41) is 1.98. The van der Waals surface area contributed by atoms with E-state index >= 15 is 0 Å². The van der Waals surface area contributed by atoms with Crippen molar-refractivity contribution in [2.24, 2.45) is 0 Å². The van der Waals surface area contributed by atoms with Crippen molar-refractivity contribution in [3.05, 3.63) is 62.9 Å². The van der Waals surface area contributed by atoms with Crippen molar-refractivity contribution in [3.8, 4) is 0 Å². The first kappa shape index (κ1) is 10.9. The number of piperidine rings is 1. The van der Waals surface area contributed by atoms with Crippen molar-refractivity contribution in [3.63, 3.8) is 0 Å². The van der Waals surface area contributed by atoms with Crippen LogP contribution in [0.5, 0.6) is 0 Å². The predicted molar refractivity (Wildman–Crippen MR) is 91.5 cm³/mol. The summed E-state index contributed by atoms with van der Waals surface area (Å²) in [6, 6.07) is 10.2. The normalized spacial score (nSPS) is 21.5. The van der Waals surface area contributed by atoms with Gasteiger partial charge in [0, 0.05) is 29.2 Å². The fourth-order valence-corrected chi connectivity index (χ4v) is 4.29. The molecule has 112 valence electrons. The largest absolute Gasteiger partial charge is 0.306 e. The molecule has 0 amide bonds. The van der Waals surface area contributed by atoms with Gasteiger partial charge in [-0.15, -0.1) is 11.3 Å². The first-order valence-electron chi connectivity index (χ1n) is 9.11. The summed E-state index contributed by atoms with van der Waals surface area (Å²) in [4.78, 5) is 15.0. The Labute approximate surface area is 139 Å². The monoisotopic (exact) mass is 313 g/mol. The van der Waals surface area contributed by atoms with Crippen molar-refractivity contribution in [1.29, 1.82) is 0 Å². The number of carbonyl (C=O) groups excluding carboxylic acids is 1.